The number of nitrogens with two attached hydrogens (primary N) is 1. The number of nitrogen functional groups attached to an aromatic ring is 1. The highest BCUT2D eigenvalue weighted by Crippen LogP contribution is 2.24. The van der Waals surface area contributed by atoms with Crippen LogP contribution in [0.2, 0.25) is 5.02 Å². The number of anilines is 2. The van der Waals surface area contributed by atoms with Gasteiger partial charge in [0.1, 0.15) is 0 Å². The SMILES string of the molecule is Nc1ccccc1NC(=O)c1ccc(CSc2ccc(Cl)cc2)cc1. The molecule has 0 bridgehead atoms. The van der Waals surface area contributed by atoms with Crippen LogP contribution in [0.1, 0.15) is 15.9 Å². The number of carbonyl (C=O) groups is 1. The maximum absolute atomic E-state index is 12.3. The molecule has 1 amide bonds. The van der Waals surface area contributed by atoms with Gasteiger partial charge < -0.3 is 11.1 Å². The largest absolute Gasteiger partial charge is 0.397 e. The second-order valence-corrected chi connectivity index (χ2v) is 6.97. The van der Waals surface area contributed by atoms with Crippen LogP contribution < -0.4 is 11.1 Å². The zero-order chi connectivity index (χ0) is 17.6. The van der Waals surface area contributed by atoms with Gasteiger partial charge in [-0.1, -0.05) is 35.9 Å². The second-order valence-electron chi connectivity index (χ2n) is 5.48. The van der Waals surface area contributed by atoms with E-state index in [9.17, 15) is 4.79 Å². The molecule has 0 aliphatic heterocycles. The second kappa shape index (κ2) is 8.10. The molecule has 0 aliphatic carbocycles. The van der Waals surface area contributed by atoms with E-state index in [1.165, 1.54) is 0 Å². The van der Waals surface area contributed by atoms with Gasteiger partial charge in [0.25, 0.3) is 5.91 Å². The lowest BCUT2D eigenvalue weighted by molar-refractivity contribution is 0.102. The third kappa shape index (κ3) is 4.78. The van der Waals surface area contributed by atoms with Crippen LogP contribution in [-0.2, 0) is 5.75 Å². The quantitative estimate of drug-likeness (QED) is 0.464. The molecule has 0 atom stereocenters. The molecule has 5 heteroatoms. The number of carbonyl (C=O) groups excluding carboxylic acids is 1. The normalized spacial score (nSPS) is 10.4. The fourth-order valence-corrected chi connectivity index (χ4v) is 3.24. The highest BCUT2D eigenvalue weighted by Gasteiger charge is 2.08. The standard InChI is InChI=1S/C20H17ClN2OS/c21-16-9-11-17(12-10-16)25-13-14-5-7-15(8-6-14)20(24)23-19-4-2-1-3-18(19)22/h1-12H,13,22H2,(H,23,24). The van der Waals surface area contributed by atoms with E-state index in [0.29, 0.717) is 16.9 Å². The summed E-state index contributed by atoms with van der Waals surface area (Å²) in [6.45, 7) is 0. The summed E-state index contributed by atoms with van der Waals surface area (Å²) in [6.07, 6.45) is 0. The molecule has 0 saturated carbocycles. The van der Waals surface area contributed by atoms with E-state index in [0.717, 1.165) is 21.2 Å². The molecule has 3 rings (SSSR count). The number of hydrogen-bond acceptors (Lipinski definition) is 3. The Labute approximate surface area is 156 Å². The van der Waals surface area contributed by atoms with Crippen LogP contribution in [0.15, 0.2) is 77.7 Å². The summed E-state index contributed by atoms with van der Waals surface area (Å²) in [7, 11) is 0. The summed E-state index contributed by atoms with van der Waals surface area (Å²) in [4.78, 5) is 13.5. The Bertz CT molecular complexity index is 864. The minimum atomic E-state index is -0.171. The number of rotatable bonds is 5. The van der Waals surface area contributed by atoms with Crippen LogP contribution in [0.3, 0.4) is 0 Å². The van der Waals surface area contributed by atoms with Crippen molar-refractivity contribution >= 4 is 40.6 Å². The van der Waals surface area contributed by atoms with E-state index in [4.69, 9.17) is 17.3 Å². The summed E-state index contributed by atoms with van der Waals surface area (Å²) in [5.74, 6) is 0.657. The molecule has 0 heterocycles. The van der Waals surface area contributed by atoms with Gasteiger partial charge in [-0.05, 0) is 54.1 Å². The van der Waals surface area contributed by atoms with Crippen molar-refractivity contribution in [1.82, 2.24) is 0 Å². The number of benzene rings is 3. The van der Waals surface area contributed by atoms with Crippen molar-refractivity contribution in [2.45, 2.75) is 10.6 Å². The maximum atomic E-state index is 12.3. The molecule has 3 aromatic carbocycles. The van der Waals surface area contributed by atoms with E-state index in [1.54, 1.807) is 23.9 Å². The van der Waals surface area contributed by atoms with E-state index >= 15 is 0 Å². The maximum Gasteiger partial charge on any atom is 0.255 e. The first kappa shape index (κ1) is 17.4. The van der Waals surface area contributed by atoms with Gasteiger partial charge in [-0.15, -0.1) is 11.8 Å². The predicted molar refractivity (Wildman–Crippen MR) is 106 cm³/mol. The van der Waals surface area contributed by atoms with Gasteiger partial charge in [-0.25, -0.2) is 0 Å². The zero-order valence-corrected chi connectivity index (χ0v) is 15.0. The molecule has 0 aromatic heterocycles. The molecule has 0 aliphatic rings. The summed E-state index contributed by atoms with van der Waals surface area (Å²) >= 11 is 7.61. The Balaban J connectivity index is 1.60. The molecule has 126 valence electrons. The first-order valence-electron chi connectivity index (χ1n) is 7.75. The van der Waals surface area contributed by atoms with Crippen molar-refractivity contribution in [3.63, 3.8) is 0 Å². The number of thioether (sulfide) groups is 1. The summed E-state index contributed by atoms with van der Waals surface area (Å²) < 4.78 is 0. The predicted octanol–water partition coefficient (Wildman–Crippen LogP) is 5.47. The topological polar surface area (TPSA) is 55.1 Å². The Morgan fingerprint density at radius 3 is 2.32 bits per heavy atom. The van der Waals surface area contributed by atoms with Gasteiger partial charge in [0.2, 0.25) is 0 Å². The summed E-state index contributed by atoms with van der Waals surface area (Å²) in [5.41, 5.74) is 8.77. The number of nitrogens with one attached hydrogen (secondary N) is 1. The number of halogens is 1. The zero-order valence-electron chi connectivity index (χ0n) is 13.4. The number of hydrogen-bond donors (Lipinski definition) is 2. The average Bonchev–Trinajstić information content (AvgIpc) is 2.63. The van der Waals surface area contributed by atoms with Crippen LogP contribution in [-0.4, -0.2) is 5.91 Å². The first-order chi connectivity index (χ1) is 12.1. The highest BCUT2D eigenvalue weighted by molar-refractivity contribution is 7.98. The van der Waals surface area contributed by atoms with Crippen molar-refractivity contribution in [2.75, 3.05) is 11.1 Å². The van der Waals surface area contributed by atoms with Gasteiger partial charge in [0.15, 0.2) is 0 Å². The molecule has 0 saturated heterocycles. The van der Waals surface area contributed by atoms with Gasteiger partial charge in [0.05, 0.1) is 11.4 Å². The van der Waals surface area contributed by atoms with E-state index in [2.05, 4.69) is 5.32 Å². The van der Waals surface area contributed by atoms with Crippen LogP contribution in [0.5, 0.6) is 0 Å². The molecular formula is C20H17ClN2OS. The minimum Gasteiger partial charge on any atom is -0.397 e. The highest BCUT2D eigenvalue weighted by atomic mass is 35.5. The van der Waals surface area contributed by atoms with E-state index in [-0.39, 0.29) is 5.91 Å². The fraction of sp³-hybridized carbons (Fsp3) is 0.0500. The molecule has 0 spiro atoms. The Morgan fingerprint density at radius 2 is 1.64 bits per heavy atom. The van der Waals surface area contributed by atoms with Crippen LogP contribution in [0.4, 0.5) is 11.4 Å². The van der Waals surface area contributed by atoms with Gasteiger partial charge in [0, 0.05) is 21.2 Å². The Kier molecular flexibility index (Phi) is 5.64. The lowest BCUT2D eigenvalue weighted by Gasteiger charge is -2.08. The molecule has 0 radical (unpaired) electrons. The lowest BCUT2D eigenvalue weighted by Crippen LogP contribution is -2.13. The van der Waals surface area contributed by atoms with E-state index in [1.807, 2.05) is 60.7 Å². The molecule has 25 heavy (non-hydrogen) atoms. The Hall–Kier alpha value is -2.43. The van der Waals surface area contributed by atoms with Gasteiger partial charge in [-0.2, -0.15) is 0 Å². The number of para-hydroxylation sites is 2. The van der Waals surface area contributed by atoms with E-state index < -0.39 is 0 Å². The van der Waals surface area contributed by atoms with Crippen molar-refractivity contribution in [1.29, 1.82) is 0 Å². The molecule has 0 unspecified atom stereocenters. The fourth-order valence-electron chi connectivity index (χ4n) is 2.26. The molecular weight excluding hydrogens is 352 g/mol. The Morgan fingerprint density at radius 1 is 0.960 bits per heavy atom. The van der Waals surface area contributed by atoms with Gasteiger partial charge >= 0.3 is 0 Å². The lowest BCUT2D eigenvalue weighted by atomic mass is 10.1. The first-order valence-corrected chi connectivity index (χ1v) is 9.11. The molecule has 3 N–H and O–H groups in total. The molecule has 0 fully saturated rings. The van der Waals surface area contributed by atoms with Crippen LogP contribution >= 0.6 is 23.4 Å². The van der Waals surface area contributed by atoms with Gasteiger partial charge in [-0.3, -0.25) is 4.79 Å². The van der Waals surface area contributed by atoms with Crippen LogP contribution in [0.25, 0.3) is 0 Å². The van der Waals surface area contributed by atoms with Crippen LogP contribution in [0, 0.1) is 0 Å². The number of amides is 1. The monoisotopic (exact) mass is 368 g/mol. The minimum absolute atomic E-state index is 0.171. The third-order valence-corrected chi connectivity index (χ3v) is 4.98. The summed E-state index contributed by atoms with van der Waals surface area (Å²) in [5, 5.41) is 3.56. The van der Waals surface area contributed by atoms with Crippen molar-refractivity contribution in [2.24, 2.45) is 0 Å². The third-order valence-electron chi connectivity index (χ3n) is 3.64. The van der Waals surface area contributed by atoms with Crippen molar-refractivity contribution < 1.29 is 4.79 Å². The molecule has 3 nitrogen and oxygen atoms in total. The molecule has 3 aromatic rings. The van der Waals surface area contributed by atoms with Crippen molar-refractivity contribution in [3.8, 4) is 0 Å². The van der Waals surface area contributed by atoms with Crippen molar-refractivity contribution in [3.05, 3.63) is 88.9 Å². The smallest absolute Gasteiger partial charge is 0.255 e. The summed E-state index contributed by atoms with van der Waals surface area (Å²) in [6, 6.07) is 22.5. The average molecular weight is 369 g/mol.